The van der Waals surface area contributed by atoms with E-state index in [9.17, 15) is 0 Å². The molecular formula is C8H13Br3. The summed E-state index contributed by atoms with van der Waals surface area (Å²) in [6.45, 7) is 2.25. The first-order chi connectivity index (χ1) is 5.11. The van der Waals surface area contributed by atoms with Crippen LogP contribution in [0, 0.1) is 5.92 Å². The van der Waals surface area contributed by atoms with Gasteiger partial charge in [0.1, 0.15) is 0 Å². The second-order valence-electron chi connectivity index (χ2n) is 3.28. The second-order valence-corrected chi connectivity index (χ2v) is 7.08. The van der Waals surface area contributed by atoms with Crippen LogP contribution in [0.2, 0.25) is 0 Å². The maximum atomic E-state index is 3.69. The molecule has 0 aliphatic heterocycles. The lowest BCUT2D eigenvalue weighted by Crippen LogP contribution is -2.28. The maximum absolute atomic E-state index is 3.69. The van der Waals surface area contributed by atoms with E-state index in [1.165, 1.54) is 19.3 Å². The fraction of sp³-hybridized carbons (Fsp3) is 1.00. The van der Waals surface area contributed by atoms with E-state index in [1.54, 1.807) is 0 Å². The van der Waals surface area contributed by atoms with Crippen LogP contribution in [-0.4, -0.2) is 14.5 Å². The van der Waals surface area contributed by atoms with Gasteiger partial charge in [0.15, 0.2) is 0 Å². The number of hydrogen-bond acceptors (Lipinski definition) is 0. The molecule has 1 aliphatic carbocycles. The zero-order chi connectivity index (χ0) is 8.43. The van der Waals surface area contributed by atoms with E-state index in [1.807, 2.05) is 0 Å². The molecule has 4 atom stereocenters. The van der Waals surface area contributed by atoms with Gasteiger partial charge in [0.25, 0.3) is 0 Å². The SMILES string of the molecule is CC(Br)C1CCC(Br)C(Br)C1. The van der Waals surface area contributed by atoms with E-state index >= 15 is 0 Å². The monoisotopic (exact) mass is 346 g/mol. The summed E-state index contributed by atoms with van der Waals surface area (Å²) in [4.78, 5) is 2.02. The summed E-state index contributed by atoms with van der Waals surface area (Å²) in [6, 6.07) is 0. The highest BCUT2D eigenvalue weighted by molar-refractivity contribution is 9.12. The summed E-state index contributed by atoms with van der Waals surface area (Å²) in [7, 11) is 0. The van der Waals surface area contributed by atoms with Gasteiger partial charge in [0, 0.05) is 14.5 Å². The van der Waals surface area contributed by atoms with E-state index in [0.717, 1.165) is 5.92 Å². The van der Waals surface area contributed by atoms with Crippen molar-refractivity contribution in [3.8, 4) is 0 Å². The van der Waals surface area contributed by atoms with Crippen LogP contribution in [0.5, 0.6) is 0 Å². The molecule has 0 spiro atoms. The minimum absolute atomic E-state index is 0.668. The van der Waals surface area contributed by atoms with Crippen molar-refractivity contribution in [3.63, 3.8) is 0 Å². The van der Waals surface area contributed by atoms with E-state index in [4.69, 9.17) is 0 Å². The fourth-order valence-electron chi connectivity index (χ4n) is 1.53. The Morgan fingerprint density at radius 1 is 1.18 bits per heavy atom. The molecule has 1 aliphatic rings. The van der Waals surface area contributed by atoms with Gasteiger partial charge in [-0.25, -0.2) is 0 Å². The van der Waals surface area contributed by atoms with Gasteiger partial charge in [-0.05, 0) is 25.2 Å². The Labute approximate surface area is 93.9 Å². The molecule has 0 aromatic rings. The molecule has 0 radical (unpaired) electrons. The van der Waals surface area contributed by atoms with Crippen LogP contribution in [-0.2, 0) is 0 Å². The van der Waals surface area contributed by atoms with Gasteiger partial charge < -0.3 is 0 Å². The summed E-state index contributed by atoms with van der Waals surface area (Å²) in [5.74, 6) is 0.855. The summed E-state index contributed by atoms with van der Waals surface area (Å²) >= 11 is 11.0. The van der Waals surface area contributed by atoms with Crippen molar-refractivity contribution in [1.82, 2.24) is 0 Å². The summed E-state index contributed by atoms with van der Waals surface area (Å²) in [5, 5.41) is 0. The number of halogens is 3. The van der Waals surface area contributed by atoms with Crippen molar-refractivity contribution in [1.29, 1.82) is 0 Å². The molecule has 11 heavy (non-hydrogen) atoms. The molecular weight excluding hydrogens is 336 g/mol. The lowest BCUT2D eigenvalue weighted by atomic mass is 9.87. The Morgan fingerprint density at radius 2 is 1.82 bits per heavy atom. The summed E-state index contributed by atoms with van der Waals surface area (Å²) < 4.78 is 0. The molecule has 0 N–H and O–H groups in total. The van der Waals surface area contributed by atoms with Gasteiger partial charge in [0.05, 0.1) is 0 Å². The highest BCUT2D eigenvalue weighted by Crippen LogP contribution is 2.36. The number of hydrogen-bond donors (Lipinski definition) is 0. The van der Waals surface area contributed by atoms with Crippen molar-refractivity contribution in [2.75, 3.05) is 0 Å². The molecule has 0 aromatic heterocycles. The van der Waals surface area contributed by atoms with Gasteiger partial charge >= 0.3 is 0 Å². The maximum Gasteiger partial charge on any atom is 0.0274 e. The Kier molecular flexibility index (Phi) is 4.41. The van der Waals surface area contributed by atoms with E-state index in [-0.39, 0.29) is 0 Å². The van der Waals surface area contributed by atoms with Crippen LogP contribution in [0.15, 0.2) is 0 Å². The first-order valence-corrected chi connectivity index (χ1v) is 6.78. The molecule has 0 bridgehead atoms. The largest absolute Gasteiger partial charge is 0.0891 e. The van der Waals surface area contributed by atoms with Crippen molar-refractivity contribution < 1.29 is 0 Å². The topological polar surface area (TPSA) is 0 Å². The summed E-state index contributed by atoms with van der Waals surface area (Å²) in [6.07, 6.45) is 3.95. The lowest BCUT2D eigenvalue weighted by Gasteiger charge is -2.31. The summed E-state index contributed by atoms with van der Waals surface area (Å²) in [5.41, 5.74) is 0. The van der Waals surface area contributed by atoms with Gasteiger partial charge in [-0.3, -0.25) is 0 Å². The highest BCUT2D eigenvalue weighted by Gasteiger charge is 2.28. The zero-order valence-electron chi connectivity index (χ0n) is 6.56. The van der Waals surface area contributed by atoms with Crippen molar-refractivity contribution >= 4 is 47.8 Å². The third kappa shape index (κ3) is 3.00. The molecule has 1 fully saturated rings. The molecule has 1 saturated carbocycles. The van der Waals surface area contributed by atoms with Crippen LogP contribution >= 0.6 is 47.8 Å². The third-order valence-corrected chi connectivity index (χ3v) is 5.95. The Bertz CT molecular complexity index is 125. The third-order valence-electron chi connectivity index (χ3n) is 2.38. The van der Waals surface area contributed by atoms with Crippen molar-refractivity contribution in [2.45, 2.75) is 40.7 Å². The van der Waals surface area contributed by atoms with Crippen LogP contribution in [0.3, 0.4) is 0 Å². The van der Waals surface area contributed by atoms with Crippen LogP contribution < -0.4 is 0 Å². The average molecular weight is 349 g/mol. The van der Waals surface area contributed by atoms with E-state index in [0.29, 0.717) is 14.5 Å². The molecule has 1 rings (SSSR count). The fourth-order valence-corrected chi connectivity index (χ4v) is 3.23. The molecule has 3 heteroatoms. The minimum atomic E-state index is 0.668. The highest BCUT2D eigenvalue weighted by atomic mass is 79.9. The van der Waals surface area contributed by atoms with E-state index < -0.39 is 0 Å². The van der Waals surface area contributed by atoms with Gasteiger partial charge in [-0.2, -0.15) is 0 Å². The van der Waals surface area contributed by atoms with Gasteiger partial charge in [-0.1, -0.05) is 54.7 Å². The van der Waals surface area contributed by atoms with E-state index in [2.05, 4.69) is 54.7 Å². The Balaban J connectivity index is 2.40. The zero-order valence-corrected chi connectivity index (χ0v) is 11.3. The smallest absolute Gasteiger partial charge is 0.0274 e. The normalized spacial score (nSPS) is 42.0. The predicted molar refractivity (Wildman–Crippen MR) is 61.2 cm³/mol. The van der Waals surface area contributed by atoms with Crippen LogP contribution in [0.1, 0.15) is 26.2 Å². The predicted octanol–water partition coefficient (Wildman–Crippen LogP) is 4.10. The number of rotatable bonds is 1. The molecule has 0 amide bonds. The molecule has 0 saturated heterocycles. The van der Waals surface area contributed by atoms with Crippen molar-refractivity contribution in [2.24, 2.45) is 5.92 Å². The van der Waals surface area contributed by atoms with Gasteiger partial charge in [-0.15, -0.1) is 0 Å². The van der Waals surface area contributed by atoms with Crippen LogP contribution in [0.4, 0.5) is 0 Å². The molecule has 0 aromatic carbocycles. The Hall–Kier alpha value is 1.44. The first kappa shape index (κ1) is 10.5. The van der Waals surface area contributed by atoms with Crippen molar-refractivity contribution in [3.05, 3.63) is 0 Å². The average Bonchev–Trinajstić information content (AvgIpc) is 1.94. The standard InChI is InChI=1S/C8H13Br3/c1-5(9)6-2-3-7(10)8(11)4-6/h5-8H,2-4H2,1H3. The molecule has 4 unspecified atom stereocenters. The lowest BCUT2D eigenvalue weighted by molar-refractivity contribution is 0.380. The molecule has 66 valence electrons. The second kappa shape index (κ2) is 4.61. The first-order valence-electron chi connectivity index (χ1n) is 4.03. The minimum Gasteiger partial charge on any atom is -0.0891 e. The molecule has 0 nitrogen and oxygen atoms in total. The van der Waals surface area contributed by atoms with Gasteiger partial charge in [0.2, 0.25) is 0 Å². The Morgan fingerprint density at radius 3 is 2.27 bits per heavy atom. The van der Waals surface area contributed by atoms with Crippen LogP contribution in [0.25, 0.3) is 0 Å². The molecule has 0 heterocycles. The number of alkyl halides is 3. The quantitative estimate of drug-likeness (QED) is 0.626.